The lowest BCUT2D eigenvalue weighted by Crippen LogP contribution is -2.22. The fourth-order valence-corrected chi connectivity index (χ4v) is 2.35. The molecule has 0 aliphatic rings. The van der Waals surface area contributed by atoms with Crippen LogP contribution in [-0.4, -0.2) is 11.8 Å². The highest BCUT2D eigenvalue weighted by atomic mass is 79.9. The minimum absolute atomic E-state index is 0.327. The van der Waals surface area contributed by atoms with E-state index < -0.39 is 0 Å². The number of nitrogens with two attached hydrogens (primary N) is 1. The quantitative estimate of drug-likeness (QED) is 0.829. The number of thioether (sulfide) groups is 1. The fraction of sp³-hybridized carbons (Fsp3) is 0.455. The molecule has 0 unspecified atom stereocenters. The van der Waals surface area contributed by atoms with Gasteiger partial charge in [-0.1, -0.05) is 29.3 Å². The third-order valence-corrected chi connectivity index (χ3v) is 3.67. The van der Waals surface area contributed by atoms with Gasteiger partial charge in [0.1, 0.15) is 0 Å². The molecule has 14 heavy (non-hydrogen) atoms. The Morgan fingerprint density at radius 1 is 1.36 bits per heavy atom. The van der Waals surface area contributed by atoms with Gasteiger partial charge in [0.2, 0.25) is 0 Å². The van der Waals surface area contributed by atoms with Crippen LogP contribution in [0.25, 0.3) is 0 Å². The molecule has 3 heteroatoms. The van der Waals surface area contributed by atoms with Gasteiger partial charge in [-0.25, -0.2) is 0 Å². The highest BCUT2D eigenvalue weighted by molar-refractivity contribution is 9.10. The van der Waals surface area contributed by atoms with Gasteiger partial charge < -0.3 is 5.73 Å². The molecule has 1 atom stereocenters. The second-order valence-corrected chi connectivity index (χ2v) is 5.32. The SMILES string of the molecule is CCC[C@@H](N)CSc1ccc(Br)cc1. The van der Waals surface area contributed by atoms with E-state index in [0.717, 1.165) is 16.6 Å². The molecular weight excluding hydrogens is 258 g/mol. The van der Waals surface area contributed by atoms with E-state index in [1.807, 2.05) is 11.8 Å². The van der Waals surface area contributed by atoms with Gasteiger partial charge in [0, 0.05) is 21.2 Å². The topological polar surface area (TPSA) is 26.0 Å². The highest BCUT2D eigenvalue weighted by Crippen LogP contribution is 2.21. The molecule has 0 fully saturated rings. The average molecular weight is 274 g/mol. The van der Waals surface area contributed by atoms with Crippen molar-refractivity contribution >= 4 is 27.7 Å². The Labute approximate surface area is 98.6 Å². The first-order valence-electron chi connectivity index (χ1n) is 4.86. The minimum Gasteiger partial charge on any atom is -0.327 e. The van der Waals surface area contributed by atoms with Gasteiger partial charge in [0.05, 0.1) is 0 Å². The molecule has 0 spiro atoms. The van der Waals surface area contributed by atoms with E-state index in [1.165, 1.54) is 11.3 Å². The molecule has 1 nitrogen and oxygen atoms in total. The van der Waals surface area contributed by atoms with Crippen molar-refractivity contribution in [2.45, 2.75) is 30.7 Å². The van der Waals surface area contributed by atoms with Crippen molar-refractivity contribution in [2.75, 3.05) is 5.75 Å². The van der Waals surface area contributed by atoms with Gasteiger partial charge in [-0.05, 0) is 30.7 Å². The van der Waals surface area contributed by atoms with Crippen LogP contribution < -0.4 is 5.73 Å². The molecule has 0 saturated heterocycles. The molecule has 0 radical (unpaired) electrons. The fourth-order valence-electron chi connectivity index (χ4n) is 1.19. The number of halogens is 1. The predicted octanol–water partition coefficient (Wildman–Crippen LogP) is 3.67. The van der Waals surface area contributed by atoms with Crippen molar-refractivity contribution in [1.82, 2.24) is 0 Å². The second-order valence-electron chi connectivity index (χ2n) is 3.31. The van der Waals surface area contributed by atoms with E-state index in [1.54, 1.807) is 0 Å². The van der Waals surface area contributed by atoms with Crippen LogP contribution in [-0.2, 0) is 0 Å². The minimum atomic E-state index is 0.327. The summed E-state index contributed by atoms with van der Waals surface area (Å²) in [6.45, 7) is 2.17. The normalized spacial score (nSPS) is 12.8. The van der Waals surface area contributed by atoms with Gasteiger partial charge in [-0.3, -0.25) is 0 Å². The summed E-state index contributed by atoms with van der Waals surface area (Å²) in [6, 6.07) is 8.69. The van der Waals surface area contributed by atoms with E-state index in [4.69, 9.17) is 5.73 Å². The standard InChI is InChI=1S/C11H16BrNS/c1-2-3-10(13)8-14-11-6-4-9(12)5-7-11/h4-7,10H,2-3,8,13H2,1H3/t10-/m1/s1. The summed E-state index contributed by atoms with van der Waals surface area (Å²) in [5.41, 5.74) is 5.93. The molecule has 0 aliphatic heterocycles. The maximum Gasteiger partial charge on any atom is 0.0176 e. The van der Waals surface area contributed by atoms with E-state index >= 15 is 0 Å². The average Bonchev–Trinajstić information content (AvgIpc) is 2.17. The molecule has 2 N–H and O–H groups in total. The van der Waals surface area contributed by atoms with Crippen molar-refractivity contribution in [1.29, 1.82) is 0 Å². The summed E-state index contributed by atoms with van der Waals surface area (Å²) in [5, 5.41) is 0. The molecule has 0 aliphatic carbocycles. The Balaban J connectivity index is 2.34. The lowest BCUT2D eigenvalue weighted by Gasteiger charge is -2.09. The number of benzene rings is 1. The summed E-state index contributed by atoms with van der Waals surface area (Å²) >= 11 is 5.25. The van der Waals surface area contributed by atoms with Crippen LogP contribution in [0, 0.1) is 0 Å². The Hall–Kier alpha value is 0.01000. The van der Waals surface area contributed by atoms with Crippen molar-refractivity contribution < 1.29 is 0 Å². The van der Waals surface area contributed by atoms with Crippen molar-refractivity contribution in [3.8, 4) is 0 Å². The monoisotopic (exact) mass is 273 g/mol. The first kappa shape index (κ1) is 12.1. The van der Waals surface area contributed by atoms with Crippen LogP contribution in [0.4, 0.5) is 0 Å². The summed E-state index contributed by atoms with van der Waals surface area (Å²) in [5.74, 6) is 1.01. The second kappa shape index (κ2) is 6.49. The Morgan fingerprint density at radius 3 is 2.57 bits per heavy atom. The summed E-state index contributed by atoms with van der Waals surface area (Å²) in [4.78, 5) is 1.29. The zero-order chi connectivity index (χ0) is 10.4. The zero-order valence-electron chi connectivity index (χ0n) is 8.37. The predicted molar refractivity (Wildman–Crippen MR) is 67.7 cm³/mol. The molecule has 1 aromatic carbocycles. The molecular formula is C11H16BrNS. The molecule has 78 valence electrons. The Morgan fingerprint density at radius 2 is 2.00 bits per heavy atom. The summed E-state index contributed by atoms with van der Waals surface area (Å²) in [7, 11) is 0. The van der Waals surface area contributed by atoms with Gasteiger partial charge in [-0.2, -0.15) is 0 Å². The zero-order valence-corrected chi connectivity index (χ0v) is 10.8. The van der Waals surface area contributed by atoms with Gasteiger partial charge in [0.25, 0.3) is 0 Å². The number of hydrogen-bond donors (Lipinski definition) is 1. The highest BCUT2D eigenvalue weighted by Gasteiger charge is 2.01. The molecule has 1 rings (SSSR count). The van der Waals surface area contributed by atoms with Crippen LogP contribution in [0.15, 0.2) is 33.6 Å². The first-order valence-corrected chi connectivity index (χ1v) is 6.64. The van der Waals surface area contributed by atoms with Crippen LogP contribution in [0.2, 0.25) is 0 Å². The van der Waals surface area contributed by atoms with E-state index in [0.29, 0.717) is 6.04 Å². The molecule has 0 bridgehead atoms. The Bertz CT molecular complexity index is 260. The largest absolute Gasteiger partial charge is 0.327 e. The van der Waals surface area contributed by atoms with E-state index in [9.17, 15) is 0 Å². The maximum atomic E-state index is 5.93. The lowest BCUT2D eigenvalue weighted by atomic mass is 10.2. The molecule has 1 aromatic rings. The van der Waals surface area contributed by atoms with Gasteiger partial charge in [-0.15, -0.1) is 11.8 Å². The molecule has 0 saturated carbocycles. The van der Waals surface area contributed by atoms with Crippen molar-refractivity contribution in [2.24, 2.45) is 5.73 Å². The number of rotatable bonds is 5. The molecule has 0 heterocycles. The summed E-state index contributed by atoms with van der Waals surface area (Å²) < 4.78 is 1.12. The smallest absolute Gasteiger partial charge is 0.0176 e. The lowest BCUT2D eigenvalue weighted by molar-refractivity contribution is 0.661. The third kappa shape index (κ3) is 4.49. The maximum absolute atomic E-state index is 5.93. The van der Waals surface area contributed by atoms with Crippen molar-refractivity contribution in [3.63, 3.8) is 0 Å². The third-order valence-electron chi connectivity index (χ3n) is 1.94. The van der Waals surface area contributed by atoms with E-state index in [-0.39, 0.29) is 0 Å². The number of hydrogen-bond acceptors (Lipinski definition) is 2. The first-order chi connectivity index (χ1) is 6.72. The van der Waals surface area contributed by atoms with Crippen LogP contribution in [0.5, 0.6) is 0 Å². The van der Waals surface area contributed by atoms with Gasteiger partial charge >= 0.3 is 0 Å². The Kier molecular flexibility index (Phi) is 5.60. The van der Waals surface area contributed by atoms with Crippen LogP contribution in [0.1, 0.15) is 19.8 Å². The summed E-state index contributed by atoms with van der Waals surface area (Å²) in [6.07, 6.45) is 2.28. The molecule has 0 aromatic heterocycles. The van der Waals surface area contributed by atoms with Gasteiger partial charge in [0.15, 0.2) is 0 Å². The van der Waals surface area contributed by atoms with E-state index in [2.05, 4.69) is 47.1 Å². The van der Waals surface area contributed by atoms with Crippen LogP contribution >= 0.6 is 27.7 Å². The molecule has 0 amide bonds. The van der Waals surface area contributed by atoms with Crippen molar-refractivity contribution in [3.05, 3.63) is 28.7 Å². The van der Waals surface area contributed by atoms with Crippen LogP contribution in [0.3, 0.4) is 0 Å².